The van der Waals surface area contributed by atoms with Gasteiger partial charge in [0, 0.05) is 13.0 Å². The molecule has 0 radical (unpaired) electrons. The average Bonchev–Trinajstić information content (AvgIpc) is 2.49. The molecule has 0 saturated carbocycles. The van der Waals surface area contributed by atoms with Crippen molar-refractivity contribution in [2.45, 2.75) is 38.7 Å². The van der Waals surface area contributed by atoms with Crippen molar-refractivity contribution in [3.8, 4) is 0 Å². The number of carbonyl (C=O) groups excluding carboxylic acids is 1. The summed E-state index contributed by atoms with van der Waals surface area (Å²) in [5.41, 5.74) is 6.36. The Morgan fingerprint density at radius 1 is 1.30 bits per heavy atom. The minimum atomic E-state index is -0.647. The molecule has 0 fully saturated rings. The Kier molecular flexibility index (Phi) is 7.92. The summed E-state index contributed by atoms with van der Waals surface area (Å²) in [6.45, 7) is 3.06. The second kappa shape index (κ2) is 9.50. The van der Waals surface area contributed by atoms with E-state index >= 15 is 0 Å². The zero-order chi connectivity index (χ0) is 14.8. The minimum Gasteiger partial charge on any atom is -0.387 e. The lowest BCUT2D eigenvalue weighted by Crippen LogP contribution is -2.28. The fraction of sp³-hybridized carbons (Fsp3) is 0.562. The van der Waals surface area contributed by atoms with Crippen molar-refractivity contribution >= 4 is 5.91 Å². The van der Waals surface area contributed by atoms with Crippen LogP contribution in [0.5, 0.6) is 0 Å². The van der Waals surface area contributed by atoms with Gasteiger partial charge >= 0.3 is 0 Å². The lowest BCUT2D eigenvalue weighted by Gasteiger charge is -2.15. The van der Waals surface area contributed by atoms with E-state index in [0.717, 1.165) is 24.8 Å². The molecule has 0 spiro atoms. The van der Waals surface area contributed by atoms with E-state index in [4.69, 9.17) is 5.73 Å². The van der Waals surface area contributed by atoms with Crippen LogP contribution in [0.25, 0.3) is 0 Å². The highest BCUT2D eigenvalue weighted by molar-refractivity contribution is 5.75. The fourth-order valence-corrected chi connectivity index (χ4v) is 2.22. The first-order valence-electron chi connectivity index (χ1n) is 7.37. The Hall–Kier alpha value is -1.39. The lowest BCUT2D eigenvalue weighted by molar-refractivity contribution is -0.121. The van der Waals surface area contributed by atoms with Crippen LogP contribution in [0.4, 0.5) is 0 Å². The number of benzene rings is 1. The van der Waals surface area contributed by atoms with Gasteiger partial charge in [0.05, 0.1) is 6.10 Å². The summed E-state index contributed by atoms with van der Waals surface area (Å²) in [5.74, 6) is 0.514. The van der Waals surface area contributed by atoms with Crippen LogP contribution in [0.15, 0.2) is 30.3 Å². The van der Waals surface area contributed by atoms with Gasteiger partial charge in [0.25, 0.3) is 0 Å². The van der Waals surface area contributed by atoms with E-state index in [2.05, 4.69) is 12.2 Å². The first-order chi connectivity index (χ1) is 9.67. The predicted molar refractivity (Wildman–Crippen MR) is 81.1 cm³/mol. The molecule has 0 aliphatic carbocycles. The van der Waals surface area contributed by atoms with Gasteiger partial charge in [-0.05, 0) is 30.9 Å². The molecule has 112 valence electrons. The van der Waals surface area contributed by atoms with Crippen molar-refractivity contribution in [2.75, 3.05) is 13.1 Å². The van der Waals surface area contributed by atoms with Crippen molar-refractivity contribution in [1.29, 1.82) is 0 Å². The van der Waals surface area contributed by atoms with E-state index < -0.39 is 6.10 Å². The van der Waals surface area contributed by atoms with E-state index in [9.17, 15) is 9.90 Å². The van der Waals surface area contributed by atoms with Gasteiger partial charge in [-0.25, -0.2) is 0 Å². The number of rotatable bonds is 9. The van der Waals surface area contributed by atoms with Crippen molar-refractivity contribution in [3.05, 3.63) is 35.9 Å². The normalized spacial score (nSPS) is 13.8. The summed E-state index contributed by atoms with van der Waals surface area (Å²) in [7, 11) is 0. The van der Waals surface area contributed by atoms with Gasteiger partial charge in [0.2, 0.25) is 5.91 Å². The first-order valence-corrected chi connectivity index (χ1v) is 7.37. The van der Waals surface area contributed by atoms with Crippen LogP contribution < -0.4 is 11.1 Å². The molecule has 2 unspecified atom stereocenters. The van der Waals surface area contributed by atoms with E-state index in [1.165, 1.54) is 0 Å². The Balaban J connectivity index is 2.26. The molecule has 1 rings (SSSR count). The van der Waals surface area contributed by atoms with E-state index in [0.29, 0.717) is 18.9 Å². The molecule has 1 aromatic rings. The zero-order valence-corrected chi connectivity index (χ0v) is 12.2. The molecule has 0 aliphatic heterocycles. The molecule has 2 atom stereocenters. The molecule has 0 aromatic heterocycles. The topological polar surface area (TPSA) is 75.4 Å². The summed E-state index contributed by atoms with van der Waals surface area (Å²) >= 11 is 0. The number of aliphatic hydroxyl groups excluding tert-OH is 1. The second-order valence-corrected chi connectivity index (χ2v) is 5.12. The largest absolute Gasteiger partial charge is 0.387 e. The van der Waals surface area contributed by atoms with Crippen LogP contribution in [-0.4, -0.2) is 24.1 Å². The van der Waals surface area contributed by atoms with E-state index in [-0.39, 0.29) is 12.5 Å². The number of hydrogen-bond acceptors (Lipinski definition) is 3. The van der Waals surface area contributed by atoms with Crippen molar-refractivity contribution in [2.24, 2.45) is 11.7 Å². The predicted octanol–water partition coefficient (Wildman–Crippen LogP) is 1.99. The Morgan fingerprint density at radius 2 is 2.00 bits per heavy atom. The molecule has 1 amide bonds. The number of nitrogens with two attached hydrogens (primary N) is 1. The zero-order valence-electron chi connectivity index (χ0n) is 12.2. The van der Waals surface area contributed by atoms with Gasteiger partial charge in [-0.15, -0.1) is 0 Å². The van der Waals surface area contributed by atoms with Crippen molar-refractivity contribution in [1.82, 2.24) is 5.32 Å². The second-order valence-electron chi connectivity index (χ2n) is 5.12. The van der Waals surface area contributed by atoms with Gasteiger partial charge < -0.3 is 16.2 Å². The lowest BCUT2D eigenvalue weighted by atomic mass is 9.96. The highest BCUT2D eigenvalue weighted by Crippen LogP contribution is 2.15. The monoisotopic (exact) mass is 278 g/mol. The Morgan fingerprint density at radius 3 is 2.60 bits per heavy atom. The number of aliphatic hydroxyl groups is 1. The number of carbonyl (C=O) groups is 1. The summed E-state index contributed by atoms with van der Waals surface area (Å²) in [4.78, 5) is 11.7. The molecule has 20 heavy (non-hydrogen) atoms. The Bertz CT molecular complexity index is 381. The minimum absolute atomic E-state index is 0.00421. The maximum atomic E-state index is 11.7. The molecule has 0 aliphatic rings. The van der Waals surface area contributed by atoms with E-state index in [1.54, 1.807) is 0 Å². The van der Waals surface area contributed by atoms with Crippen molar-refractivity contribution in [3.63, 3.8) is 0 Å². The van der Waals surface area contributed by atoms with Crippen molar-refractivity contribution < 1.29 is 9.90 Å². The smallest absolute Gasteiger partial charge is 0.220 e. The van der Waals surface area contributed by atoms with Crippen LogP contribution in [0, 0.1) is 5.92 Å². The van der Waals surface area contributed by atoms with Crippen LogP contribution in [-0.2, 0) is 4.79 Å². The van der Waals surface area contributed by atoms with Crippen LogP contribution in [0.1, 0.15) is 44.3 Å². The molecule has 0 bridgehead atoms. The maximum absolute atomic E-state index is 11.7. The number of nitrogens with one attached hydrogen (secondary N) is 1. The number of hydrogen-bond donors (Lipinski definition) is 3. The standard InChI is InChI=1S/C16H26N2O2/c1-2-13(10-11-17)8-9-16(20)18-12-15(19)14-6-4-3-5-7-14/h3-7,13,15,19H,2,8-12,17H2,1H3,(H,18,20). The van der Waals surface area contributed by atoms with Gasteiger partial charge in [0.15, 0.2) is 0 Å². The SMILES string of the molecule is CCC(CCN)CCC(=O)NCC(O)c1ccccc1. The summed E-state index contributed by atoms with van der Waals surface area (Å²) < 4.78 is 0. The molecular formula is C16H26N2O2. The fourth-order valence-electron chi connectivity index (χ4n) is 2.22. The van der Waals surface area contributed by atoms with Crippen LogP contribution in [0.3, 0.4) is 0 Å². The summed E-state index contributed by atoms with van der Waals surface area (Å²) in [5, 5.41) is 12.7. The molecule has 4 nitrogen and oxygen atoms in total. The summed E-state index contributed by atoms with van der Waals surface area (Å²) in [6.07, 6.45) is 2.74. The third-order valence-electron chi connectivity index (χ3n) is 3.61. The van der Waals surface area contributed by atoms with Crippen LogP contribution in [0.2, 0.25) is 0 Å². The molecule has 0 saturated heterocycles. The third kappa shape index (κ3) is 6.17. The highest BCUT2D eigenvalue weighted by atomic mass is 16.3. The first kappa shape index (κ1) is 16.7. The molecular weight excluding hydrogens is 252 g/mol. The van der Waals surface area contributed by atoms with Crippen LogP contribution >= 0.6 is 0 Å². The third-order valence-corrected chi connectivity index (χ3v) is 3.61. The molecule has 1 aromatic carbocycles. The van der Waals surface area contributed by atoms with Gasteiger partial charge in [-0.2, -0.15) is 0 Å². The Labute approximate surface area is 121 Å². The number of amides is 1. The molecule has 4 N–H and O–H groups in total. The highest BCUT2D eigenvalue weighted by Gasteiger charge is 2.11. The average molecular weight is 278 g/mol. The maximum Gasteiger partial charge on any atom is 0.220 e. The summed E-state index contributed by atoms with van der Waals surface area (Å²) in [6, 6.07) is 9.35. The molecule has 4 heteroatoms. The van der Waals surface area contributed by atoms with Gasteiger partial charge in [-0.1, -0.05) is 43.7 Å². The quantitative estimate of drug-likeness (QED) is 0.646. The van der Waals surface area contributed by atoms with Gasteiger partial charge in [-0.3, -0.25) is 4.79 Å². The van der Waals surface area contributed by atoms with Gasteiger partial charge in [0.1, 0.15) is 0 Å². The molecule has 0 heterocycles. The van der Waals surface area contributed by atoms with E-state index in [1.807, 2.05) is 30.3 Å².